The third kappa shape index (κ3) is 4.40. The first-order valence-corrected chi connectivity index (χ1v) is 8.24. The third-order valence-electron chi connectivity index (χ3n) is 4.92. The van der Waals surface area contributed by atoms with Crippen LogP contribution < -0.4 is 0 Å². The molecule has 21 heavy (non-hydrogen) atoms. The lowest BCUT2D eigenvalue weighted by molar-refractivity contribution is 0.227. The Balaban J connectivity index is 1.80. The van der Waals surface area contributed by atoms with E-state index in [1.54, 1.807) is 0 Å². The van der Waals surface area contributed by atoms with Crippen LogP contribution in [0.2, 0.25) is 0 Å². The summed E-state index contributed by atoms with van der Waals surface area (Å²) in [6.07, 6.45) is 7.55. The van der Waals surface area contributed by atoms with Gasteiger partial charge < -0.3 is 10.0 Å². The molecule has 0 radical (unpaired) electrons. The van der Waals surface area contributed by atoms with Crippen molar-refractivity contribution in [2.75, 3.05) is 26.7 Å². The molecule has 1 heterocycles. The molecule has 2 fully saturated rings. The molecule has 0 bridgehead atoms. The lowest BCUT2D eigenvalue weighted by Crippen LogP contribution is -2.38. The Morgan fingerprint density at radius 1 is 1.38 bits per heavy atom. The molecule has 0 aromatic carbocycles. The van der Waals surface area contributed by atoms with Crippen molar-refractivity contribution in [2.24, 2.45) is 27.7 Å². The van der Waals surface area contributed by atoms with Crippen molar-refractivity contribution in [1.82, 2.24) is 4.90 Å². The second-order valence-electron chi connectivity index (χ2n) is 6.29. The largest absolute Gasteiger partial charge is 0.396 e. The average Bonchev–Trinajstić information content (AvgIpc) is 3.28. The van der Waals surface area contributed by atoms with Crippen LogP contribution in [0.5, 0.6) is 0 Å². The van der Waals surface area contributed by atoms with Crippen molar-refractivity contribution in [3.8, 4) is 0 Å². The molecular formula is C17H29N3O. The maximum Gasteiger partial charge on any atom is 0.220 e. The van der Waals surface area contributed by atoms with E-state index in [-0.39, 0.29) is 0 Å². The summed E-state index contributed by atoms with van der Waals surface area (Å²) in [5, 5.41) is 9.02. The molecule has 0 aromatic rings. The topological polar surface area (TPSA) is 48.2 Å². The predicted molar refractivity (Wildman–Crippen MR) is 88.9 cm³/mol. The van der Waals surface area contributed by atoms with Crippen LogP contribution in [0.25, 0.3) is 0 Å². The van der Waals surface area contributed by atoms with E-state index in [1.165, 1.54) is 19.3 Å². The molecule has 2 aliphatic rings. The van der Waals surface area contributed by atoms with Crippen LogP contribution in [-0.2, 0) is 0 Å². The van der Waals surface area contributed by atoms with Crippen molar-refractivity contribution < 1.29 is 5.11 Å². The summed E-state index contributed by atoms with van der Waals surface area (Å²) in [5.41, 5.74) is 1.04. The molecule has 0 aromatic heterocycles. The van der Waals surface area contributed by atoms with Crippen LogP contribution in [0.3, 0.4) is 0 Å². The summed E-state index contributed by atoms with van der Waals surface area (Å²) in [6, 6.07) is 0. The van der Waals surface area contributed by atoms with Gasteiger partial charge in [0.05, 0.1) is 0 Å². The number of aliphatic hydroxyl groups is 1. The van der Waals surface area contributed by atoms with E-state index in [0.717, 1.165) is 55.2 Å². The normalized spacial score (nSPS) is 27.4. The third-order valence-corrected chi connectivity index (χ3v) is 4.92. The molecule has 1 saturated heterocycles. The Bertz CT molecular complexity index is 408. The van der Waals surface area contributed by atoms with Crippen molar-refractivity contribution in [2.45, 2.75) is 39.0 Å². The summed E-state index contributed by atoms with van der Waals surface area (Å²) in [5.74, 6) is 3.33. The maximum absolute atomic E-state index is 9.02. The summed E-state index contributed by atoms with van der Waals surface area (Å²) in [4.78, 5) is 11.1. The van der Waals surface area contributed by atoms with Gasteiger partial charge in [-0.25, -0.2) is 4.99 Å². The number of likely N-dealkylation sites (tertiary alicyclic amines) is 1. The first kappa shape index (κ1) is 16.2. The first-order valence-electron chi connectivity index (χ1n) is 8.24. The number of nitrogens with zero attached hydrogens (tertiary/aromatic N) is 3. The van der Waals surface area contributed by atoms with Crippen molar-refractivity contribution >= 4 is 12.2 Å². The van der Waals surface area contributed by atoms with Gasteiger partial charge in [-0.15, -0.1) is 0 Å². The smallest absolute Gasteiger partial charge is 0.220 e. The second-order valence-corrected chi connectivity index (χ2v) is 6.29. The zero-order valence-corrected chi connectivity index (χ0v) is 13.5. The van der Waals surface area contributed by atoms with Crippen LogP contribution in [-0.4, -0.2) is 48.9 Å². The minimum atomic E-state index is 0.350. The van der Waals surface area contributed by atoms with Crippen LogP contribution in [0.15, 0.2) is 22.1 Å². The zero-order chi connectivity index (χ0) is 15.2. The molecule has 1 saturated carbocycles. The van der Waals surface area contributed by atoms with Crippen molar-refractivity contribution in [1.29, 1.82) is 0 Å². The Morgan fingerprint density at radius 3 is 2.67 bits per heavy atom. The monoisotopic (exact) mass is 291 g/mol. The Kier molecular flexibility index (Phi) is 5.97. The Labute approximate surface area is 128 Å². The van der Waals surface area contributed by atoms with Gasteiger partial charge in [0, 0.05) is 33.0 Å². The standard InChI is InChI=1S/C17H29N3O/c1-4-13(2)12-19-17(18-3)20-8-5-14(6-9-20)16-11-15(16)7-10-21/h12,14-16,21H,2,4-11H2,1,3H3/b18-17?,19-12-. The molecule has 0 spiro atoms. The molecule has 1 aliphatic carbocycles. The van der Waals surface area contributed by atoms with E-state index in [1.807, 2.05) is 13.3 Å². The number of rotatable bonds is 5. The van der Waals surface area contributed by atoms with Gasteiger partial charge in [-0.1, -0.05) is 13.5 Å². The summed E-state index contributed by atoms with van der Waals surface area (Å²) < 4.78 is 0. The fourth-order valence-electron chi connectivity index (χ4n) is 3.39. The van der Waals surface area contributed by atoms with Gasteiger partial charge in [0.25, 0.3) is 0 Å². The van der Waals surface area contributed by atoms with Gasteiger partial charge in [-0.05, 0) is 55.4 Å². The summed E-state index contributed by atoms with van der Waals surface area (Å²) in [7, 11) is 1.81. The van der Waals surface area contributed by atoms with E-state index >= 15 is 0 Å². The van der Waals surface area contributed by atoms with Crippen LogP contribution >= 0.6 is 0 Å². The van der Waals surface area contributed by atoms with Gasteiger partial charge in [0.15, 0.2) is 0 Å². The van der Waals surface area contributed by atoms with E-state index in [4.69, 9.17) is 5.11 Å². The molecule has 1 aliphatic heterocycles. The zero-order valence-electron chi connectivity index (χ0n) is 13.5. The molecular weight excluding hydrogens is 262 g/mol. The summed E-state index contributed by atoms with van der Waals surface area (Å²) in [6.45, 7) is 8.49. The van der Waals surface area contributed by atoms with Crippen molar-refractivity contribution in [3.63, 3.8) is 0 Å². The molecule has 1 N–H and O–H groups in total. The fraction of sp³-hybridized carbons (Fsp3) is 0.765. The van der Waals surface area contributed by atoms with Crippen LogP contribution in [0, 0.1) is 17.8 Å². The predicted octanol–water partition coefficient (Wildman–Crippen LogP) is 2.74. The number of aliphatic imine (C=N–C) groups is 2. The maximum atomic E-state index is 9.02. The summed E-state index contributed by atoms with van der Waals surface area (Å²) >= 11 is 0. The number of aliphatic hydroxyl groups excluding tert-OH is 1. The lowest BCUT2D eigenvalue weighted by Gasteiger charge is -2.33. The highest BCUT2D eigenvalue weighted by Gasteiger charge is 2.42. The molecule has 118 valence electrons. The van der Waals surface area contributed by atoms with E-state index in [9.17, 15) is 0 Å². The molecule has 4 heteroatoms. The SMILES string of the molecule is C=C(/C=N\C(=NC)N1CCC(C2CC2CCO)CC1)CC. The first-order chi connectivity index (χ1) is 10.2. The molecule has 2 atom stereocenters. The number of piperidine rings is 1. The van der Waals surface area contributed by atoms with Gasteiger partial charge in [0.2, 0.25) is 5.96 Å². The highest BCUT2D eigenvalue weighted by Crippen LogP contribution is 2.49. The number of hydrogen-bond acceptors (Lipinski definition) is 2. The number of allylic oxidation sites excluding steroid dienone is 1. The van der Waals surface area contributed by atoms with Crippen LogP contribution in [0.4, 0.5) is 0 Å². The molecule has 0 amide bonds. The van der Waals surface area contributed by atoms with E-state index in [0.29, 0.717) is 6.61 Å². The van der Waals surface area contributed by atoms with Crippen molar-refractivity contribution in [3.05, 3.63) is 12.2 Å². The molecule has 2 rings (SSSR count). The highest BCUT2D eigenvalue weighted by molar-refractivity contribution is 5.92. The van der Waals surface area contributed by atoms with Gasteiger partial charge >= 0.3 is 0 Å². The van der Waals surface area contributed by atoms with Crippen LogP contribution in [0.1, 0.15) is 39.0 Å². The van der Waals surface area contributed by atoms with Gasteiger partial charge in [-0.3, -0.25) is 4.99 Å². The highest BCUT2D eigenvalue weighted by atomic mass is 16.3. The molecule has 2 unspecified atom stereocenters. The molecule has 4 nitrogen and oxygen atoms in total. The lowest BCUT2D eigenvalue weighted by atomic mass is 9.90. The quantitative estimate of drug-likeness (QED) is 0.625. The Morgan fingerprint density at radius 2 is 2.10 bits per heavy atom. The minimum Gasteiger partial charge on any atom is -0.396 e. The minimum absolute atomic E-state index is 0.350. The average molecular weight is 291 g/mol. The Hall–Kier alpha value is -1.16. The van der Waals surface area contributed by atoms with Gasteiger partial charge in [0.1, 0.15) is 0 Å². The fourth-order valence-corrected chi connectivity index (χ4v) is 3.39. The van der Waals surface area contributed by atoms with E-state index < -0.39 is 0 Å². The number of guanidine groups is 1. The van der Waals surface area contributed by atoms with E-state index in [2.05, 4.69) is 28.4 Å². The second kappa shape index (κ2) is 7.74. The number of hydrogen-bond donors (Lipinski definition) is 1. The van der Waals surface area contributed by atoms with Gasteiger partial charge in [-0.2, -0.15) is 0 Å².